The highest BCUT2D eigenvalue weighted by Gasteiger charge is 2.35. The van der Waals surface area contributed by atoms with Crippen molar-refractivity contribution < 1.29 is 21.5 Å². The molecule has 0 bridgehead atoms. The molecule has 0 spiro atoms. The van der Waals surface area contributed by atoms with Gasteiger partial charge in [-0.05, 0) is 73.4 Å². The van der Waals surface area contributed by atoms with Crippen LogP contribution in [0.15, 0.2) is 56.9 Å². The van der Waals surface area contributed by atoms with E-state index in [9.17, 15) is 16.8 Å². The molecule has 2 heterocycles. The molecule has 4 rings (SSSR count). The number of benzene rings is 2. The Labute approximate surface area is 175 Å². The largest absolute Gasteiger partial charge is 0.280 e. The van der Waals surface area contributed by atoms with Crippen molar-refractivity contribution >= 4 is 36.8 Å². The van der Waals surface area contributed by atoms with Crippen molar-refractivity contribution in [3.8, 4) is 0 Å². The van der Waals surface area contributed by atoms with E-state index in [-0.39, 0.29) is 33.1 Å². The zero-order chi connectivity index (χ0) is 21.5. The molecule has 2 atom stereocenters. The summed E-state index contributed by atoms with van der Waals surface area (Å²) in [4.78, 5) is 0.0581. The van der Waals surface area contributed by atoms with E-state index in [2.05, 4.69) is 19.7 Å². The third kappa shape index (κ3) is 3.68. The molecule has 1 aliphatic heterocycles. The van der Waals surface area contributed by atoms with E-state index < -0.39 is 20.0 Å². The number of anilines is 1. The van der Waals surface area contributed by atoms with Crippen LogP contribution in [0.3, 0.4) is 0 Å². The van der Waals surface area contributed by atoms with Gasteiger partial charge >= 0.3 is 0 Å². The summed E-state index contributed by atoms with van der Waals surface area (Å²) in [5, 5.41) is 7.29. The molecule has 30 heavy (non-hydrogen) atoms. The maximum atomic E-state index is 13.1. The van der Waals surface area contributed by atoms with Crippen LogP contribution >= 0.6 is 0 Å². The molecule has 0 amide bonds. The monoisotopic (exact) mass is 450 g/mol. The third-order valence-corrected chi connectivity index (χ3v) is 8.89. The normalized spacial score (nSPS) is 21.0. The van der Waals surface area contributed by atoms with Gasteiger partial charge in [-0.15, -0.1) is 0 Å². The van der Waals surface area contributed by atoms with Gasteiger partial charge in [0.05, 0.1) is 4.90 Å². The summed E-state index contributed by atoms with van der Waals surface area (Å²) in [6.45, 7) is 3.82. The molecule has 0 radical (unpaired) electrons. The number of nitrogens with one attached hydrogen (secondary N) is 1. The van der Waals surface area contributed by atoms with Crippen molar-refractivity contribution in [2.24, 2.45) is 0 Å². The van der Waals surface area contributed by atoms with Crippen molar-refractivity contribution in [1.29, 1.82) is 0 Å². The quantitative estimate of drug-likeness (QED) is 0.634. The summed E-state index contributed by atoms with van der Waals surface area (Å²) >= 11 is 0. The van der Waals surface area contributed by atoms with Crippen molar-refractivity contribution in [3.63, 3.8) is 0 Å². The fraction of sp³-hybridized carbons (Fsp3) is 0.368. The fourth-order valence-corrected chi connectivity index (χ4v) is 6.99. The van der Waals surface area contributed by atoms with Crippen molar-refractivity contribution in [2.75, 3.05) is 4.72 Å². The molecular weight excluding hydrogens is 428 g/mol. The molecular formula is C19H22N4O5S2. The van der Waals surface area contributed by atoms with Crippen LogP contribution < -0.4 is 4.72 Å². The van der Waals surface area contributed by atoms with Crippen LogP contribution in [0, 0.1) is 0 Å². The van der Waals surface area contributed by atoms with Crippen LogP contribution in [0.25, 0.3) is 11.0 Å². The Morgan fingerprint density at radius 3 is 2.30 bits per heavy atom. The second-order valence-corrected chi connectivity index (χ2v) is 11.0. The SMILES string of the molecule is CC1CCCC(C)N1S(=O)(=O)c1ccc(NS(=O)(=O)c2cccc3nonc23)cc1. The maximum absolute atomic E-state index is 13.1. The van der Waals surface area contributed by atoms with Gasteiger partial charge in [0.25, 0.3) is 10.0 Å². The first kappa shape index (κ1) is 20.8. The average Bonchev–Trinajstić information content (AvgIpc) is 3.16. The van der Waals surface area contributed by atoms with Gasteiger partial charge in [-0.1, -0.05) is 12.5 Å². The van der Waals surface area contributed by atoms with Crippen molar-refractivity contribution in [3.05, 3.63) is 42.5 Å². The zero-order valence-electron chi connectivity index (χ0n) is 16.5. The van der Waals surface area contributed by atoms with Crippen LogP contribution in [0.4, 0.5) is 5.69 Å². The standard InChI is InChI=1S/C19H22N4O5S2/c1-13-5-3-6-14(2)23(13)30(26,27)16-11-9-15(10-12-16)22-29(24,25)18-8-4-7-17-19(18)21-28-20-17/h4,7-14,22H,3,5-6H2,1-2H3. The van der Waals surface area contributed by atoms with Gasteiger partial charge in [0.2, 0.25) is 10.0 Å². The number of aromatic nitrogens is 2. The highest BCUT2D eigenvalue weighted by molar-refractivity contribution is 7.93. The van der Waals surface area contributed by atoms with Gasteiger partial charge < -0.3 is 0 Å². The summed E-state index contributed by atoms with van der Waals surface area (Å²) in [5.41, 5.74) is 0.684. The minimum Gasteiger partial charge on any atom is -0.280 e. The zero-order valence-corrected chi connectivity index (χ0v) is 18.1. The van der Waals surface area contributed by atoms with Crippen LogP contribution in [0.1, 0.15) is 33.1 Å². The molecule has 1 saturated heterocycles. The van der Waals surface area contributed by atoms with E-state index in [1.165, 1.54) is 36.4 Å². The van der Waals surface area contributed by atoms with E-state index in [1.54, 1.807) is 10.4 Å². The predicted octanol–water partition coefficient (Wildman–Crippen LogP) is 2.98. The Balaban J connectivity index is 1.60. The molecule has 1 fully saturated rings. The van der Waals surface area contributed by atoms with E-state index in [0.717, 1.165) is 19.3 Å². The lowest BCUT2D eigenvalue weighted by Crippen LogP contribution is -2.47. The Hall–Kier alpha value is -2.50. The van der Waals surface area contributed by atoms with Gasteiger partial charge in [-0.3, -0.25) is 4.72 Å². The first-order chi connectivity index (χ1) is 14.2. The lowest BCUT2D eigenvalue weighted by atomic mass is 10.0. The van der Waals surface area contributed by atoms with Crippen molar-refractivity contribution in [1.82, 2.24) is 14.6 Å². The summed E-state index contributed by atoms with van der Waals surface area (Å²) in [6.07, 6.45) is 2.65. The van der Waals surface area contributed by atoms with Crippen molar-refractivity contribution in [2.45, 2.75) is 55.0 Å². The van der Waals surface area contributed by atoms with Crippen LogP contribution in [0.2, 0.25) is 0 Å². The second-order valence-electron chi connectivity index (χ2n) is 7.48. The minimum atomic E-state index is -3.97. The van der Waals surface area contributed by atoms with E-state index in [1.807, 2.05) is 13.8 Å². The number of hydrogen-bond donors (Lipinski definition) is 1. The van der Waals surface area contributed by atoms with E-state index in [0.29, 0.717) is 5.52 Å². The lowest BCUT2D eigenvalue weighted by molar-refractivity contribution is 0.204. The smallest absolute Gasteiger partial charge is 0.264 e. The van der Waals surface area contributed by atoms with Crippen LogP contribution in [-0.4, -0.2) is 43.5 Å². The summed E-state index contributed by atoms with van der Waals surface area (Å²) in [7, 11) is -7.64. The maximum Gasteiger partial charge on any atom is 0.264 e. The number of fused-ring (bicyclic) bond motifs is 1. The summed E-state index contributed by atoms with van der Waals surface area (Å²) in [6, 6.07) is 10.1. The number of rotatable bonds is 5. The lowest BCUT2D eigenvalue weighted by Gasteiger charge is -2.37. The second kappa shape index (κ2) is 7.64. The number of nitrogens with zero attached hydrogens (tertiary/aromatic N) is 3. The average molecular weight is 451 g/mol. The highest BCUT2D eigenvalue weighted by Crippen LogP contribution is 2.30. The Bertz CT molecular complexity index is 1260. The molecule has 0 saturated carbocycles. The Kier molecular flexibility index (Phi) is 5.28. The topological polar surface area (TPSA) is 122 Å². The van der Waals surface area contributed by atoms with Crippen LogP contribution in [0.5, 0.6) is 0 Å². The molecule has 1 aliphatic rings. The number of piperidine rings is 1. The summed E-state index contributed by atoms with van der Waals surface area (Å²) in [5.74, 6) is 0. The molecule has 9 nitrogen and oxygen atoms in total. The third-order valence-electron chi connectivity index (χ3n) is 5.33. The first-order valence-corrected chi connectivity index (χ1v) is 12.5. The van der Waals surface area contributed by atoms with Crippen LogP contribution in [-0.2, 0) is 20.0 Å². The number of hydrogen-bond acceptors (Lipinski definition) is 7. The van der Waals surface area contributed by atoms with Gasteiger partial charge in [0.15, 0.2) is 5.52 Å². The highest BCUT2D eigenvalue weighted by atomic mass is 32.2. The van der Waals surface area contributed by atoms with E-state index in [4.69, 9.17) is 0 Å². The molecule has 11 heteroatoms. The molecule has 1 aromatic heterocycles. The Morgan fingerprint density at radius 1 is 0.967 bits per heavy atom. The van der Waals surface area contributed by atoms with E-state index >= 15 is 0 Å². The Morgan fingerprint density at radius 2 is 1.63 bits per heavy atom. The molecule has 1 N–H and O–H groups in total. The first-order valence-electron chi connectivity index (χ1n) is 9.58. The fourth-order valence-electron chi connectivity index (χ4n) is 3.90. The molecule has 3 aromatic rings. The number of sulfonamides is 2. The summed E-state index contributed by atoms with van der Waals surface area (Å²) < 4.78 is 60.4. The molecule has 0 aliphatic carbocycles. The van der Waals surface area contributed by atoms with Gasteiger partial charge in [-0.25, -0.2) is 21.5 Å². The van der Waals surface area contributed by atoms with Gasteiger partial charge in [-0.2, -0.15) is 4.31 Å². The molecule has 2 aromatic carbocycles. The minimum absolute atomic E-state index is 0.0751. The predicted molar refractivity (Wildman–Crippen MR) is 111 cm³/mol. The molecule has 160 valence electrons. The van der Waals surface area contributed by atoms with Gasteiger partial charge in [0.1, 0.15) is 10.4 Å². The van der Waals surface area contributed by atoms with Gasteiger partial charge in [0, 0.05) is 17.8 Å². The molecule has 2 unspecified atom stereocenters.